The number of primary amides is 1. The van der Waals surface area contributed by atoms with Crippen molar-refractivity contribution in [3.8, 4) is 0 Å². The molecular weight excluding hydrogens is 565 g/mol. The van der Waals surface area contributed by atoms with Crippen LogP contribution in [0.3, 0.4) is 0 Å². The molecule has 5 aliphatic rings. The number of amides is 2. The number of urea groups is 1. The quantitative estimate of drug-likeness (QED) is 0.297. The number of nitrogens with one attached hydrogen (secondary N) is 1. The second-order valence-corrected chi connectivity index (χ2v) is 17.5. The predicted octanol–water partition coefficient (Wildman–Crippen LogP) is 8.24. The third-order valence-corrected chi connectivity index (χ3v) is 14.2. The van der Waals surface area contributed by atoms with Gasteiger partial charge >= 0.3 is 6.03 Å². The minimum absolute atomic E-state index is 0.0135. The van der Waals surface area contributed by atoms with E-state index in [9.17, 15) is 14.3 Å². The number of halogens is 1. The Morgan fingerprint density at radius 2 is 1.73 bits per heavy atom. The van der Waals surface area contributed by atoms with Crippen molar-refractivity contribution in [2.75, 3.05) is 0 Å². The molecule has 248 valence electrons. The molecule has 45 heavy (non-hydrogen) atoms. The summed E-state index contributed by atoms with van der Waals surface area (Å²) in [6.07, 6.45) is 10.8. The standard InChI is InChI=1S/C38H56FN3O3/c1-33(2)15-10-16-38(8,45-33)26-13-17-37(7)30(26)27(43)21-29-35(5)22-24(19-23-11-9-12-25(39)20-23)31(41-42-32(40)44)34(3,4)28(35)14-18-36(29,37)6/h9,11-12,19-20,26-30,43H,10,13-18,21-22H2,1-8H3,(H3,40,42,44)/b24-19+,41-31+/t26-,27+,28-,29+,30-,35-,36+,37+,38+/m0/s1. The summed E-state index contributed by atoms with van der Waals surface area (Å²) in [7, 11) is 0. The molecule has 4 saturated carbocycles. The number of hydrogen-bond donors (Lipinski definition) is 3. The number of fused-ring (bicyclic) bond motifs is 5. The van der Waals surface area contributed by atoms with Crippen molar-refractivity contribution >= 4 is 17.8 Å². The number of carbonyl (C=O) groups is 1. The highest BCUT2D eigenvalue weighted by Crippen LogP contribution is 2.76. The summed E-state index contributed by atoms with van der Waals surface area (Å²) in [5.41, 5.74) is 9.73. The van der Waals surface area contributed by atoms with Crippen LogP contribution in [0.5, 0.6) is 0 Å². The van der Waals surface area contributed by atoms with Gasteiger partial charge in [-0.3, -0.25) is 0 Å². The highest BCUT2D eigenvalue weighted by Gasteiger charge is 2.72. The zero-order valence-corrected chi connectivity index (χ0v) is 28.8. The number of rotatable bonds is 3. The lowest BCUT2D eigenvalue weighted by molar-refractivity contribution is -0.243. The largest absolute Gasteiger partial charge is 0.393 e. The van der Waals surface area contributed by atoms with E-state index >= 15 is 0 Å². The smallest absolute Gasteiger partial charge is 0.332 e. The van der Waals surface area contributed by atoms with Crippen LogP contribution in [0.25, 0.3) is 6.08 Å². The monoisotopic (exact) mass is 621 g/mol. The zero-order chi connectivity index (χ0) is 32.8. The second-order valence-electron chi connectivity index (χ2n) is 17.5. The van der Waals surface area contributed by atoms with Crippen LogP contribution < -0.4 is 11.2 Å². The number of hydrogen-bond acceptors (Lipinski definition) is 4. The summed E-state index contributed by atoms with van der Waals surface area (Å²) in [6, 6.07) is 5.93. The molecule has 1 aliphatic heterocycles. The van der Waals surface area contributed by atoms with Crippen molar-refractivity contribution in [1.29, 1.82) is 0 Å². The van der Waals surface area contributed by atoms with E-state index in [0.29, 0.717) is 5.92 Å². The Morgan fingerprint density at radius 1 is 1.02 bits per heavy atom. The molecule has 4 aliphatic carbocycles. The van der Waals surface area contributed by atoms with Crippen LogP contribution in [0.1, 0.15) is 119 Å². The Kier molecular flexibility index (Phi) is 7.72. The minimum atomic E-state index is -0.697. The van der Waals surface area contributed by atoms with Gasteiger partial charge in [0.25, 0.3) is 0 Å². The Balaban J connectivity index is 1.41. The minimum Gasteiger partial charge on any atom is -0.393 e. The molecule has 4 N–H and O–H groups in total. The molecule has 1 aromatic carbocycles. The average molecular weight is 622 g/mol. The highest BCUT2D eigenvalue weighted by molar-refractivity contribution is 6.08. The third kappa shape index (κ3) is 5.01. The van der Waals surface area contributed by atoms with E-state index in [1.165, 1.54) is 12.5 Å². The third-order valence-electron chi connectivity index (χ3n) is 14.2. The first-order chi connectivity index (χ1) is 20.9. The van der Waals surface area contributed by atoms with Crippen molar-refractivity contribution in [2.24, 2.45) is 56.2 Å². The Bertz CT molecular complexity index is 1420. The molecule has 1 aromatic rings. The summed E-state index contributed by atoms with van der Waals surface area (Å²) in [5, 5.41) is 16.9. The molecule has 1 saturated heterocycles. The number of carbonyl (C=O) groups excluding carboxylic acids is 1. The van der Waals surface area contributed by atoms with E-state index in [0.717, 1.165) is 68.2 Å². The second kappa shape index (κ2) is 10.6. The summed E-state index contributed by atoms with van der Waals surface area (Å²) in [5.74, 6) is 0.826. The SMILES string of the molecule is CC1(C)CCC[C@](C)([C@H]2CC[C@]3(C)[C@@H]2[C@H](O)C[C@@H]2[C@@]4(C)CC(=C\c5cccc(F)c5)/C(=N\NC(N)=O)C(C)(C)[C@@H]4CC[C@]23C)O1. The lowest BCUT2D eigenvalue weighted by Crippen LogP contribution is -2.66. The number of nitrogens with zero attached hydrogens (tertiary/aromatic N) is 1. The zero-order valence-electron chi connectivity index (χ0n) is 28.8. The van der Waals surface area contributed by atoms with Gasteiger partial charge in [0.05, 0.1) is 23.0 Å². The molecule has 9 atom stereocenters. The van der Waals surface area contributed by atoms with Crippen LogP contribution in [0.2, 0.25) is 0 Å². The van der Waals surface area contributed by atoms with E-state index < -0.39 is 12.1 Å². The number of benzene rings is 1. The van der Waals surface area contributed by atoms with E-state index in [-0.39, 0.29) is 56.4 Å². The maximum absolute atomic E-state index is 14.3. The first-order valence-electron chi connectivity index (χ1n) is 17.3. The maximum Gasteiger partial charge on any atom is 0.332 e. The van der Waals surface area contributed by atoms with Gasteiger partial charge < -0.3 is 15.6 Å². The average Bonchev–Trinajstić information content (AvgIpc) is 3.29. The van der Waals surface area contributed by atoms with Crippen molar-refractivity contribution in [2.45, 2.75) is 130 Å². The maximum atomic E-state index is 14.3. The fourth-order valence-corrected chi connectivity index (χ4v) is 12.4. The molecule has 2 amide bonds. The molecule has 7 heteroatoms. The van der Waals surface area contributed by atoms with Crippen LogP contribution in [-0.2, 0) is 4.74 Å². The number of hydrazone groups is 1. The Morgan fingerprint density at radius 3 is 2.40 bits per heavy atom. The summed E-state index contributed by atoms with van der Waals surface area (Å²) >= 11 is 0. The fourth-order valence-electron chi connectivity index (χ4n) is 12.4. The van der Waals surface area contributed by atoms with Gasteiger partial charge in [-0.25, -0.2) is 14.6 Å². The number of aliphatic hydroxyl groups excluding tert-OH is 1. The summed E-state index contributed by atoms with van der Waals surface area (Å²) in [4.78, 5) is 11.8. The molecule has 0 radical (unpaired) electrons. The van der Waals surface area contributed by atoms with Crippen LogP contribution in [0, 0.1) is 51.1 Å². The molecule has 0 aromatic heterocycles. The molecular formula is C38H56FN3O3. The number of aliphatic hydroxyl groups is 1. The van der Waals surface area contributed by atoms with Gasteiger partial charge in [-0.1, -0.05) is 46.8 Å². The molecule has 0 bridgehead atoms. The first-order valence-corrected chi connectivity index (χ1v) is 17.3. The van der Waals surface area contributed by atoms with Crippen molar-refractivity contribution in [1.82, 2.24) is 5.43 Å². The first kappa shape index (κ1) is 32.7. The molecule has 5 fully saturated rings. The predicted molar refractivity (Wildman–Crippen MR) is 178 cm³/mol. The Labute approximate surface area is 269 Å². The van der Waals surface area contributed by atoms with Gasteiger partial charge in [-0.2, -0.15) is 5.10 Å². The highest BCUT2D eigenvalue weighted by atomic mass is 19.1. The van der Waals surface area contributed by atoms with Crippen molar-refractivity contribution in [3.63, 3.8) is 0 Å². The van der Waals surface area contributed by atoms with Gasteiger partial charge in [0, 0.05) is 5.41 Å². The van der Waals surface area contributed by atoms with Crippen LogP contribution in [0.15, 0.2) is 34.9 Å². The van der Waals surface area contributed by atoms with E-state index in [4.69, 9.17) is 10.5 Å². The van der Waals surface area contributed by atoms with E-state index in [1.807, 2.05) is 12.1 Å². The van der Waals surface area contributed by atoms with Crippen LogP contribution in [0.4, 0.5) is 9.18 Å². The van der Waals surface area contributed by atoms with Gasteiger partial charge in [0.1, 0.15) is 5.82 Å². The van der Waals surface area contributed by atoms with Crippen LogP contribution >= 0.6 is 0 Å². The number of ether oxygens (including phenoxy) is 1. The lowest BCUT2D eigenvalue weighted by atomic mass is 9.34. The molecule has 0 spiro atoms. The van der Waals surface area contributed by atoms with Gasteiger partial charge in [0.15, 0.2) is 0 Å². The summed E-state index contributed by atoms with van der Waals surface area (Å²) in [6.45, 7) is 18.7. The van der Waals surface area contributed by atoms with E-state index in [2.05, 4.69) is 65.9 Å². The lowest BCUT2D eigenvalue weighted by Gasteiger charge is -2.70. The van der Waals surface area contributed by atoms with Gasteiger partial charge in [0.2, 0.25) is 0 Å². The normalized spacial score (nSPS) is 45.4. The van der Waals surface area contributed by atoms with Crippen LogP contribution in [-0.4, -0.2) is 34.2 Å². The summed E-state index contributed by atoms with van der Waals surface area (Å²) < 4.78 is 21.2. The molecule has 1 heterocycles. The molecule has 6 nitrogen and oxygen atoms in total. The van der Waals surface area contributed by atoms with Crippen molar-refractivity contribution < 1.29 is 19.0 Å². The molecule has 0 unspecified atom stereocenters. The topological polar surface area (TPSA) is 96.9 Å². The number of allylic oxidation sites excluding steroid dienone is 1. The van der Waals surface area contributed by atoms with Gasteiger partial charge in [-0.05, 0) is 148 Å². The van der Waals surface area contributed by atoms with E-state index in [1.54, 1.807) is 12.1 Å². The van der Waals surface area contributed by atoms with Crippen molar-refractivity contribution in [3.05, 3.63) is 41.2 Å². The Hall–Kier alpha value is -2.25. The van der Waals surface area contributed by atoms with Gasteiger partial charge in [-0.15, -0.1) is 0 Å². The molecule has 6 rings (SSSR count). The number of nitrogens with two attached hydrogens (primary N) is 1. The fraction of sp³-hybridized carbons (Fsp3) is 0.737.